The van der Waals surface area contributed by atoms with E-state index < -0.39 is 13.9 Å². The molecular formula is C18H22OSi. The number of benzene rings is 2. The van der Waals surface area contributed by atoms with Crippen molar-refractivity contribution in [2.45, 2.75) is 39.1 Å². The van der Waals surface area contributed by atoms with Gasteiger partial charge in [0.1, 0.15) is 5.60 Å². The van der Waals surface area contributed by atoms with Crippen molar-refractivity contribution in [3.05, 3.63) is 48.0 Å². The minimum absolute atomic E-state index is 0.401. The lowest BCUT2D eigenvalue weighted by atomic mass is 10.0. The third kappa shape index (κ3) is 3.96. The normalized spacial score (nSPS) is 12.1. The molecule has 0 saturated heterocycles. The molecule has 0 aliphatic heterocycles. The molecule has 0 radical (unpaired) electrons. The average molecular weight is 282 g/mol. The molecule has 2 aromatic rings. The standard InChI is InChI=1S/C18H22OSi/c1-18(2,19-20(3,4)5)14-13-16-11-8-10-15-9-6-7-12-17(15)16/h6-12H,1-5H3. The predicted molar refractivity (Wildman–Crippen MR) is 89.3 cm³/mol. The first-order valence-corrected chi connectivity index (χ1v) is 10.4. The zero-order valence-electron chi connectivity index (χ0n) is 12.9. The van der Waals surface area contributed by atoms with Gasteiger partial charge in [-0.05, 0) is 50.3 Å². The van der Waals surface area contributed by atoms with Crippen molar-refractivity contribution in [2.75, 3.05) is 0 Å². The third-order valence-corrected chi connectivity index (χ3v) is 3.97. The van der Waals surface area contributed by atoms with Gasteiger partial charge in [0.15, 0.2) is 8.32 Å². The van der Waals surface area contributed by atoms with Crippen molar-refractivity contribution in [2.24, 2.45) is 0 Å². The van der Waals surface area contributed by atoms with Crippen LogP contribution < -0.4 is 0 Å². The van der Waals surface area contributed by atoms with Crippen molar-refractivity contribution >= 4 is 19.1 Å². The summed E-state index contributed by atoms with van der Waals surface area (Å²) in [6.07, 6.45) is 0. The Labute approximate surface area is 123 Å². The fourth-order valence-electron chi connectivity index (χ4n) is 2.34. The SMILES string of the molecule is CC(C)(C#Cc1cccc2ccccc12)O[Si](C)(C)C. The molecule has 2 aromatic carbocycles. The predicted octanol–water partition coefficient (Wildman–Crippen LogP) is 4.82. The van der Waals surface area contributed by atoms with Crippen molar-refractivity contribution in [3.63, 3.8) is 0 Å². The smallest absolute Gasteiger partial charge is 0.185 e. The van der Waals surface area contributed by atoms with Crippen LogP contribution in [0.4, 0.5) is 0 Å². The van der Waals surface area contributed by atoms with E-state index in [-0.39, 0.29) is 0 Å². The van der Waals surface area contributed by atoms with E-state index in [2.05, 4.69) is 73.9 Å². The van der Waals surface area contributed by atoms with Crippen LogP contribution in [0.15, 0.2) is 42.5 Å². The van der Waals surface area contributed by atoms with Gasteiger partial charge in [-0.15, -0.1) is 0 Å². The summed E-state index contributed by atoms with van der Waals surface area (Å²) < 4.78 is 6.12. The lowest BCUT2D eigenvalue weighted by Gasteiger charge is -2.28. The number of rotatable bonds is 2. The summed E-state index contributed by atoms with van der Waals surface area (Å²) in [5.74, 6) is 6.58. The second-order valence-corrected chi connectivity index (χ2v) is 10.9. The van der Waals surface area contributed by atoms with Gasteiger partial charge in [0.2, 0.25) is 0 Å². The molecule has 0 bridgehead atoms. The first kappa shape index (κ1) is 14.8. The van der Waals surface area contributed by atoms with Crippen molar-refractivity contribution in [3.8, 4) is 11.8 Å². The number of fused-ring (bicyclic) bond motifs is 1. The maximum Gasteiger partial charge on any atom is 0.185 e. The summed E-state index contributed by atoms with van der Waals surface area (Å²) in [5, 5.41) is 2.43. The van der Waals surface area contributed by atoms with Gasteiger partial charge in [0.25, 0.3) is 0 Å². The second-order valence-electron chi connectivity index (χ2n) is 6.50. The summed E-state index contributed by atoms with van der Waals surface area (Å²) in [5.41, 5.74) is 0.664. The minimum Gasteiger partial charge on any atom is -0.402 e. The molecule has 0 atom stereocenters. The molecule has 1 nitrogen and oxygen atoms in total. The van der Waals surface area contributed by atoms with E-state index in [0.717, 1.165) is 5.56 Å². The van der Waals surface area contributed by atoms with E-state index in [1.54, 1.807) is 0 Å². The molecule has 0 saturated carbocycles. The van der Waals surface area contributed by atoms with Crippen LogP contribution in [0.25, 0.3) is 10.8 Å². The highest BCUT2D eigenvalue weighted by molar-refractivity contribution is 6.69. The molecule has 20 heavy (non-hydrogen) atoms. The molecule has 0 aromatic heterocycles. The Morgan fingerprint density at radius 1 is 0.950 bits per heavy atom. The summed E-state index contributed by atoms with van der Waals surface area (Å²) >= 11 is 0. The quantitative estimate of drug-likeness (QED) is 0.567. The molecule has 2 heteroatoms. The van der Waals surface area contributed by atoms with Crippen LogP contribution in [-0.4, -0.2) is 13.9 Å². The molecule has 0 aliphatic rings. The second kappa shape index (κ2) is 5.44. The summed E-state index contributed by atoms with van der Waals surface area (Å²) in [6.45, 7) is 10.7. The Morgan fingerprint density at radius 2 is 1.60 bits per heavy atom. The fraction of sp³-hybridized carbons (Fsp3) is 0.333. The van der Waals surface area contributed by atoms with E-state index in [9.17, 15) is 0 Å². The van der Waals surface area contributed by atoms with Crippen molar-refractivity contribution in [1.29, 1.82) is 0 Å². The van der Waals surface area contributed by atoms with Crippen LogP contribution in [0.5, 0.6) is 0 Å². The highest BCUT2D eigenvalue weighted by Crippen LogP contribution is 2.19. The minimum atomic E-state index is -1.59. The number of hydrogen-bond acceptors (Lipinski definition) is 1. The fourth-order valence-corrected chi connectivity index (χ4v) is 3.93. The third-order valence-electron chi connectivity index (χ3n) is 2.85. The molecule has 104 valence electrons. The Bertz CT molecular complexity index is 664. The van der Waals surface area contributed by atoms with Gasteiger partial charge in [-0.3, -0.25) is 0 Å². The molecule has 2 rings (SSSR count). The molecule has 0 amide bonds. The van der Waals surface area contributed by atoms with Crippen LogP contribution in [-0.2, 0) is 4.43 Å². The molecule has 0 N–H and O–H groups in total. The Balaban J connectivity index is 2.36. The Kier molecular flexibility index (Phi) is 4.03. The molecule has 0 spiro atoms. The first-order valence-electron chi connectivity index (χ1n) is 6.98. The van der Waals surface area contributed by atoms with Gasteiger partial charge in [0, 0.05) is 5.56 Å². The molecule has 0 unspecified atom stereocenters. The highest BCUT2D eigenvalue weighted by atomic mass is 28.4. The Hall–Kier alpha value is -1.56. The van der Waals surface area contributed by atoms with E-state index in [1.165, 1.54) is 10.8 Å². The Morgan fingerprint density at radius 3 is 2.30 bits per heavy atom. The van der Waals surface area contributed by atoms with Crippen LogP contribution >= 0.6 is 0 Å². The highest BCUT2D eigenvalue weighted by Gasteiger charge is 2.25. The topological polar surface area (TPSA) is 9.23 Å². The first-order chi connectivity index (χ1) is 9.27. The van der Waals surface area contributed by atoms with Gasteiger partial charge in [-0.1, -0.05) is 48.2 Å². The summed E-state index contributed by atoms with van der Waals surface area (Å²) in [7, 11) is -1.59. The van der Waals surface area contributed by atoms with Crippen LogP contribution in [0.1, 0.15) is 19.4 Å². The summed E-state index contributed by atoms with van der Waals surface area (Å²) in [6, 6.07) is 14.6. The largest absolute Gasteiger partial charge is 0.402 e. The average Bonchev–Trinajstić information content (AvgIpc) is 2.33. The van der Waals surface area contributed by atoms with E-state index >= 15 is 0 Å². The van der Waals surface area contributed by atoms with Gasteiger partial charge in [0.05, 0.1) is 0 Å². The molecule has 0 heterocycles. The molecule has 0 aliphatic carbocycles. The zero-order chi connectivity index (χ0) is 14.8. The van der Waals surface area contributed by atoms with E-state index in [1.807, 2.05) is 13.8 Å². The van der Waals surface area contributed by atoms with E-state index in [0.29, 0.717) is 0 Å². The van der Waals surface area contributed by atoms with Crippen LogP contribution in [0, 0.1) is 11.8 Å². The zero-order valence-corrected chi connectivity index (χ0v) is 13.9. The van der Waals surface area contributed by atoms with Crippen LogP contribution in [0.3, 0.4) is 0 Å². The maximum absolute atomic E-state index is 6.12. The van der Waals surface area contributed by atoms with Crippen molar-refractivity contribution < 1.29 is 4.43 Å². The number of hydrogen-bond donors (Lipinski definition) is 0. The van der Waals surface area contributed by atoms with Crippen LogP contribution in [0.2, 0.25) is 19.6 Å². The lowest BCUT2D eigenvalue weighted by molar-refractivity contribution is 0.164. The molecular weight excluding hydrogens is 260 g/mol. The van der Waals surface area contributed by atoms with Gasteiger partial charge >= 0.3 is 0 Å². The monoisotopic (exact) mass is 282 g/mol. The maximum atomic E-state index is 6.12. The van der Waals surface area contributed by atoms with Gasteiger partial charge in [-0.25, -0.2) is 0 Å². The molecule has 0 fully saturated rings. The van der Waals surface area contributed by atoms with E-state index in [4.69, 9.17) is 4.43 Å². The summed E-state index contributed by atoms with van der Waals surface area (Å²) in [4.78, 5) is 0. The van der Waals surface area contributed by atoms with Gasteiger partial charge < -0.3 is 4.43 Å². The lowest BCUT2D eigenvalue weighted by Crippen LogP contribution is -2.37. The van der Waals surface area contributed by atoms with Crippen molar-refractivity contribution in [1.82, 2.24) is 0 Å². The van der Waals surface area contributed by atoms with Gasteiger partial charge in [-0.2, -0.15) is 0 Å².